The highest BCUT2D eigenvalue weighted by Crippen LogP contribution is 2.19. The van der Waals surface area contributed by atoms with Crippen molar-refractivity contribution in [1.82, 2.24) is 0 Å². The van der Waals surface area contributed by atoms with Gasteiger partial charge in [-0.2, -0.15) is 0 Å². The molecule has 0 bridgehead atoms. The van der Waals surface area contributed by atoms with E-state index < -0.39 is 11.9 Å². The minimum Gasteiger partial charge on any atom is -0.405 e. The topological polar surface area (TPSA) is 71.1 Å². The van der Waals surface area contributed by atoms with Crippen LogP contribution in [0, 0.1) is 30.2 Å². The molecule has 0 saturated carbocycles. The molecule has 39 heavy (non-hydrogen) atoms. The maximum Gasteiger partial charge on any atom is 0.344 e. The van der Waals surface area contributed by atoms with Crippen molar-refractivity contribution < 1.29 is 32.9 Å². The van der Waals surface area contributed by atoms with E-state index in [1.165, 1.54) is 6.07 Å². The highest BCUT2D eigenvalue weighted by atomic mass is 19.1. The van der Waals surface area contributed by atoms with Gasteiger partial charge in [0.1, 0.15) is 17.3 Å². The summed E-state index contributed by atoms with van der Waals surface area (Å²) in [6, 6.07) is 18.9. The van der Waals surface area contributed by atoms with Crippen LogP contribution in [0.2, 0.25) is 0 Å². The minimum absolute atomic E-state index is 0.364. The molecule has 7 heteroatoms. The Balaban J connectivity index is 1.54. The van der Waals surface area contributed by atoms with Gasteiger partial charge in [-0.15, -0.1) is 0 Å². The van der Waals surface area contributed by atoms with Crippen molar-refractivity contribution in [3.63, 3.8) is 0 Å². The Bertz CT molecular complexity index is 1530. The van der Waals surface area contributed by atoms with Gasteiger partial charge in [-0.25, -0.2) is 14.0 Å². The first-order chi connectivity index (χ1) is 19.0. The van der Waals surface area contributed by atoms with Crippen LogP contribution in [-0.2, 0) is 19.1 Å². The Morgan fingerprint density at radius 1 is 0.615 bits per heavy atom. The van der Waals surface area contributed by atoms with Gasteiger partial charge in [0, 0.05) is 17.7 Å². The molecule has 0 fully saturated rings. The largest absolute Gasteiger partial charge is 0.405 e. The Kier molecular flexibility index (Phi) is 10.5. The second-order valence-electron chi connectivity index (χ2n) is 7.45. The number of carbonyl (C=O) groups excluding carboxylic acids is 2. The fraction of sp³-hybridized carbons (Fsp3) is 0. The number of halogens is 1. The van der Waals surface area contributed by atoms with E-state index in [9.17, 15) is 14.0 Å². The van der Waals surface area contributed by atoms with E-state index in [0.717, 1.165) is 23.3 Å². The lowest BCUT2D eigenvalue weighted by atomic mass is 10.1. The van der Waals surface area contributed by atoms with E-state index in [-0.39, 0.29) is 5.82 Å². The van der Waals surface area contributed by atoms with E-state index in [1.807, 2.05) is 12.1 Å². The standard InChI is InChI=1S/C32H21FO6/c1-3-31(34)38-21-19-36-28-15-9-24(10-16-28)5-6-26-8-14-27(30(33)23-26)13-7-25-11-17-29(18-12-25)37-20-22-39-32(35)4-2/h3-18,23H,1-2H2. The molecule has 6 nitrogen and oxygen atoms in total. The predicted octanol–water partition coefficient (Wildman–Crippen LogP) is 6.22. The molecule has 3 rings (SSSR count). The van der Waals surface area contributed by atoms with Gasteiger partial charge in [0.2, 0.25) is 0 Å². The van der Waals surface area contributed by atoms with Crippen molar-refractivity contribution in [2.45, 2.75) is 0 Å². The van der Waals surface area contributed by atoms with Crippen molar-refractivity contribution in [3.05, 3.63) is 120 Å². The van der Waals surface area contributed by atoms with Crippen molar-refractivity contribution in [2.75, 3.05) is 0 Å². The van der Waals surface area contributed by atoms with Crippen molar-refractivity contribution in [3.8, 4) is 35.9 Å². The Hall–Kier alpha value is -5.79. The van der Waals surface area contributed by atoms with Gasteiger partial charge in [-0.3, -0.25) is 0 Å². The zero-order valence-corrected chi connectivity index (χ0v) is 20.6. The monoisotopic (exact) mass is 520 g/mol. The number of esters is 2. The van der Waals surface area contributed by atoms with Crippen LogP contribution in [0.15, 0.2) is 92.0 Å². The van der Waals surface area contributed by atoms with Crippen LogP contribution in [-0.4, -0.2) is 11.9 Å². The van der Waals surface area contributed by atoms with Crippen LogP contribution >= 0.6 is 0 Å². The van der Waals surface area contributed by atoms with Gasteiger partial charge in [0.05, 0.1) is 0 Å². The normalized spacial score (nSPS) is 9.97. The van der Waals surface area contributed by atoms with Crippen LogP contribution < -0.4 is 9.47 Å². The minimum atomic E-state index is -0.667. The third-order valence-electron chi connectivity index (χ3n) is 4.77. The van der Waals surface area contributed by atoms with E-state index in [2.05, 4.69) is 47.1 Å². The van der Waals surface area contributed by atoms with Gasteiger partial charge in [0.15, 0.2) is 24.4 Å². The highest BCUT2D eigenvalue weighted by molar-refractivity contribution is 5.82. The SMILES string of the molecule is C=CC(=O)OC#COc1ccc(C=Cc2ccc(C=Cc3ccc(OC#COC(=O)C=C)cc3)c(F)c2)cc1. The summed E-state index contributed by atoms with van der Waals surface area (Å²) in [6.07, 6.45) is 17.8. The fourth-order valence-electron chi connectivity index (χ4n) is 2.84. The molecular weight excluding hydrogens is 499 g/mol. The lowest BCUT2D eigenvalue weighted by Crippen LogP contribution is -1.93. The van der Waals surface area contributed by atoms with Crippen LogP contribution in [0.4, 0.5) is 4.39 Å². The molecule has 0 atom stereocenters. The zero-order chi connectivity index (χ0) is 27.9. The fourth-order valence-corrected chi connectivity index (χ4v) is 2.84. The summed E-state index contributed by atoms with van der Waals surface area (Å²) in [5, 5.41) is 0. The maximum absolute atomic E-state index is 14.6. The number of ether oxygens (including phenoxy) is 4. The summed E-state index contributed by atoms with van der Waals surface area (Å²) in [5.74, 6) is -0.766. The Labute approximate surface area is 225 Å². The van der Waals surface area contributed by atoms with Crippen LogP contribution in [0.5, 0.6) is 11.5 Å². The molecule has 0 aromatic heterocycles. The molecule has 0 unspecified atom stereocenters. The summed E-state index contributed by atoms with van der Waals surface area (Å²) in [6.45, 7) is 6.52. The Morgan fingerprint density at radius 2 is 1.05 bits per heavy atom. The third-order valence-corrected chi connectivity index (χ3v) is 4.77. The summed E-state index contributed by atoms with van der Waals surface area (Å²) >= 11 is 0. The van der Waals surface area contributed by atoms with Crippen molar-refractivity contribution in [1.29, 1.82) is 0 Å². The molecule has 0 N–H and O–H groups in total. The molecule has 0 aliphatic rings. The van der Waals surface area contributed by atoms with Crippen LogP contribution in [0.1, 0.15) is 22.3 Å². The molecule has 0 aliphatic carbocycles. The van der Waals surface area contributed by atoms with Gasteiger partial charge >= 0.3 is 11.9 Å². The van der Waals surface area contributed by atoms with Crippen molar-refractivity contribution >= 4 is 36.2 Å². The summed E-state index contributed by atoms with van der Waals surface area (Å²) < 4.78 is 33.9. The zero-order valence-electron chi connectivity index (χ0n) is 20.6. The molecule has 0 amide bonds. The van der Waals surface area contributed by atoms with Gasteiger partial charge in [-0.1, -0.05) is 73.9 Å². The van der Waals surface area contributed by atoms with Gasteiger partial charge in [0.25, 0.3) is 0 Å². The Morgan fingerprint density at radius 3 is 1.51 bits per heavy atom. The highest BCUT2D eigenvalue weighted by Gasteiger charge is 2.00. The molecule has 0 radical (unpaired) electrons. The summed E-state index contributed by atoms with van der Waals surface area (Å²) in [7, 11) is 0. The first-order valence-electron chi connectivity index (χ1n) is 11.3. The first-order valence-corrected chi connectivity index (χ1v) is 11.3. The smallest absolute Gasteiger partial charge is 0.344 e. The molecule has 0 aliphatic heterocycles. The maximum atomic E-state index is 14.6. The average Bonchev–Trinajstić information content (AvgIpc) is 2.96. The van der Waals surface area contributed by atoms with E-state index in [0.29, 0.717) is 22.6 Å². The van der Waals surface area contributed by atoms with E-state index in [1.54, 1.807) is 72.8 Å². The second-order valence-corrected chi connectivity index (χ2v) is 7.45. The number of rotatable bonds is 8. The molecular formula is C32H21FO6. The molecule has 0 saturated heterocycles. The molecule has 0 spiro atoms. The van der Waals surface area contributed by atoms with E-state index >= 15 is 0 Å². The van der Waals surface area contributed by atoms with Crippen molar-refractivity contribution in [2.24, 2.45) is 0 Å². The van der Waals surface area contributed by atoms with E-state index in [4.69, 9.17) is 9.47 Å². The molecule has 0 heterocycles. The average molecular weight is 521 g/mol. The first kappa shape index (κ1) is 27.8. The lowest BCUT2D eigenvalue weighted by Gasteiger charge is -2.01. The summed E-state index contributed by atoms with van der Waals surface area (Å²) in [4.78, 5) is 21.8. The van der Waals surface area contributed by atoms with Gasteiger partial charge < -0.3 is 18.9 Å². The number of benzene rings is 3. The number of carbonyl (C=O) groups is 2. The van der Waals surface area contributed by atoms with Crippen LogP contribution in [0.25, 0.3) is 24.3 Å². The molecule has 192 valence electrons. The lowest BCUT2D eigenvalue weighted by molar-refractivity contribution is -0.132. The molecule has 3 aromatic rings. The summed E-state index contributed by atoms with van der Waals surface area (Å²) in [5.41, 5.74) is 2.83. The van der Waals surface area contributed by atoms with Crippen LogP contribution in [0.3, 0.4) is 0 Å². The quantitative estimate of drug-likeness (QED) is 0.152. The number of hydrogen-bond acceptors (Lipinski definition) is 6. The molecule has 3 aromatic carbocycles. The predicted molar refractivity (Wildman–Crippen MR) is 147 cm³/mol. The second kappa shape index (κ2) is 14.7. The van der Waals surface area contributed by atoms with Gasteiger partial charge in [-0.05, 0) is 47.0 Å². The number of hydrogen-bond donors (Lipinski definition) is 0. The third kappa shape index (κ3) is 9.64.